The quantitative estimate of drug-likeness (QED) is 0.320. The van der Waals surface area contributed by atoms with E-state index in [0.717, 1.165) is 0 Å². The fraction of sp³-hybridized carbons (Fsp3) is 0.333. The van der Waals surface area contributed by atoms with Gasteiger partial charge in [0, 0.05) is 11.8 Å². The van der Waals surface area contributed by atoms with Crippen molar-refractivity contribution in [3.8, 4) is 11.6 Å². The Kier molecular flexibility index (Phi) is 2.40. The van der Waals surface area contributed by atoms with E-state index in [2.05, 4.69) is 30.0 Å². The largest absolute Gasteiger partial charge is 0.417 e. The summed E-state index contributed by atoms with van der Waals surface area (Å²) in [6.07, 6.45) is 0. The lowest BCUT2D eigenvalue weighted by Gasteiger charge is -1.85. The van der Waals surface area contributed by atoms with Gasteiger partial charge >= 0.3 is 5.69 Å². The molecule has 0 aliphatic heterocycles. The number of hydrogen-bond acceptors (Lipinski definition) is 7. The minimum Gasteiger partial charge on any atom is -0.417 e. The van der Waals surface area contributed by atoms with Gasteiger partial charge in [-0.3, -0.25) is 4.63 Å². The summed E-state index contributed by atoms with van der Waals surface area (Å²) in [4.78, 5) is 2.77. The summed E-state index contributed by atoms with van der Waals surface area (Å²) in [5, 5.41) is 24.9. The van der Waals surface area contributed by atoms with Crippen LogP contribution in [0.1, 0.15) is 11.6 Å². The van der Waals surface area contributed by atoms with Crippen molar-refractivity contribution in [3.05, 3.63) is 27.2 Å². The van der Waals surface area contributed by atoms with E-state index in [1.54, 1.807) is 0 Å². The smallest absolute Gasteiger partial charge is 0.307 e. The molecule has 2 rings (SSSR count). The van der Waals surface area contributed by atoms with Gasteiger partial charge in [0.05, 0.1) is 5.16 Å². The van der Waals surface area contributed by atoms with Crippen molar-refractivity contribution < 1.29 is 13.9 Å². The van der Waals surface area contributed by atoms with Crippen LogP contribution in [-0.2, 0) is 6.54 Å². The van der Waals surface area contributed by atoms with Crippen molar-refractivity contribution in [2.24, 2.45) is 5.11 Å². The zero-order valence-electron chi connectivity index (χ0n) is 8.06. The van der Waals surface area contributed by atoms with Crippen LogP contribution in [0.3, 0.4) is 0 Å². The van der Waals surface area contributed by atoms with Crippen LogP contribution < -0.4 is 4.90 Å². The maximum atomic E-state index is 10.9. The van der Waals surface area contributed by atoms with Crippen LogP contribution in [0.4, 0.5) is 0 Å². The second-order valence-corrected chi connectivity index (χ2v) is 2.75. The molecule has 0 N–H and O–H groups in total. The highest BCUT2D eigenvalue weighted by Gasteiger charge is 2.22. The first-order valence-corrected chi connectivity index (χ1v) is 4.12. The molecular weight excluding hydrogens is 218 g/mol. The third kappa shape index (κ3) is 1.64. The van der Waals surface area contributed by atoms with E-state index < -0.39 is 0 Å². The molecule has 0 atom stereocenters. The molecule has 0 bridgehead atoms. The Balaban J connectivity index is 2.31. The summed E-state index contributed by atoms with van der Waals surface area (Å²) in [5.74, 6) is 0.173. The first-order chi connectivity index (χ1) is 7.72. The maximum absolute atomic E-state index is 10.9. The number of aromatic nitrogens is 4. The summed E-state index contributed by atoms with van der Waals surface area (Å²) in [5.41, 5.74) is 8.46. The van der Waals surface area contributed by atoms with E-state index in [4.69, 9.17) is 9.95 Å². The van der Waals surface area contributed by atoms with Gasteiger partial charge in [0.2, 0.25) is 11.6 Å². The molecule has 2 aromatic heterocycles. The molecule has 0 amide bonds. The van der Waals surface area contributed by atoms with Crippen LogP contribution in [0, 0.1) is 12.1 Å². The molecule has 0 radical (unpaired) electrons. The highest BCUT2D eigenvalue weighted by Crippen LogP contribution is 2.17. The Morgan fingerprint density at radius 2 is 2.38 bits per heavy atom. The van der Waals surface area contributed by atoms with E-state index in [1.807, 2.05) is 0 Å². The molecule has 0 aliphatic carbocycles. The summed E-state index contributed by atoms with van der Waals surface area (Å²) in [7, 11) is 0. The van der Waals surface area contributed by atoms with E-state index in [1.165, 1.54) is 6.92 Å². The highest BCUT2D eigenvalue weighted by molar-refractivity contribution is 5.46. The third-order valence-electron chi connectivity index (χ3n) is 1.76. The van der Waals surface area contributed by atoms with Crippen LogP contribution in [0.2, 0.25) is 0 Å². The minimum atomic E-state index is -0.0578. The first-order valence-electron chi connectivity index (χ1n) is 4.12. The first kappa shape index (κ1) is 9.93. The summed E-state index contributed by atoms with van der Waals surface area (Å²) in [6, 6.07) is 0. The molecule has 2 aromatic rings. The molecule has 10 heteroatoms. The van der Waals surface area contributed by atoms with Crippen molar-refractivity contribution in [2.45, 2.75) is 13.5 Å². The van der Waals surface area contributed by atoms with Crippen LogP contribution in [-0.4, -0.2) is 15.4 Å². The fourth-order valence-corrected chi connectivity index (χ4v) is 0.991. The van der Waals surface area contributed by atoms with Gasteiger partial charge < -0.3 is 9.62 Å². The third-order valence-corrected chi connectivity index (χ3v) is 1.76. The van der Waals surface area contributed by atoms with Gasteiger partial charge in [-0.05, 0) is 10.4 Å². The highest BCUT2D eigenvalue weighted by atomic mass is 16.8. The van der Waals surface area contributed by atoms with E-state index in [9.17, 15) is 5.21 Å². The number of rotatable bonds is 3. The molecule has 0 spiro atoms. The molecule has 0 unspecified atom stereocenters. The average molecular weight is 223 g/mol. The van der Waals surface area contributed by atoms with Crippen molar-refractivity contribution >= 4 is 0 Å². The second kappa shape index (κ2) is 3.87. The lowest BCUT2D eigenvalue weighted by atomic mass is 10.3. The topological polar surface area (TPSA) is 141 Å². The SMILES string of the molecule is Cc1c(-c2nnc(CN=[N+]=[N-])o2)no[n+]1[O-]. The van der Waals surface area contributed by atoms with Gasteiger partial charge in [-0.1, -0.05) is 5.11 Å². The lowest BCUT2D eigenvalue weighted by Crippen LogP contribution is -2.25. The predicted molar refractivity (Wildman–Crippen MR) is 46.3 cm³/mol. The van der Waals surface area contributed by atoms with Crippen molar-refractivity contribution in [1.29, 1.82) is 0 Å². The zero-order chi connectivity index (χ0) is 11.5. The molecule has 16 heavy (non-hydrogen) atoms. The van der Waals surface area contributed by atoms with Crippen LogP contribution in [0.25, 0.3) is 22.0 Å². The molecule has 0 fully saturated rings. The monoisotopic (exact) mass is 223 g/mol. The molecule has 10 nitrogen and oxygen atoms in total. The molecule has 0 saturated heterocycles. The molecule has 0 aliphatic rings. The molecule has 0 saturated carbocycles. The van der Waals surface area contributed by atoms with Gasteiger partial charge in [-0.15, -0.1) is 10.2 Å². The maximum Gasteiger partial charge on any atom is 0.307 e. The van der Waals surface area contributed by atoms with Gasteiger partial charge in [0.25, 0.3) is 5.89 Å². The Morgan fingerprint density at radius 1 is 1.56 bits per heavy atom. The Morgan fingerprint density at radius 3 is 3.00 bits per heavy atom. The van der Waals surface area contributed by atoms with E-state index in [-0.39, 0.29) is 34.6 Å². The normalized spacial score (nSPS) is 10.1. The fourth-order valence-electron chi connectivity index (χ4n) is 0.991. The minimum absolute atomic E-state index is 0.0407. The molecule has 82 valence electrons. The number of azide groups is 1. The Hall–Kier alpha value is -2.61. The van der Waals surface area contributed by atoms with E-state index in [0.29, 0.717) is 0 Å². The second-order valence-electron chi connectivity index (χ2n) is 2.75. The van der Waals surface area contributed by atoms with Crippen LogP contribution in [0.5, 0.6) is 0 Å². The average Bonchev–Trinajstić information content (AvgIpc) is 2.85. The Bertz CT molecular complexity index is 552. The van der Waals surface area contributed by atoms with Gasteiger partial charge in [-0.25, -0.2) is 0 Å². The van der Waals surface area contributed by atoms with Crippen molar-refractivity contribution in [2.75, 3.05) is 0 Å². The summed E-state index contributed by atoms with van der Waals surface area (Å²) >= 11 is 0. The van der Waals surface area contributed by atoms with Gasteiger partial charge in [0.15, 0.2) is 0 Å². The standard InChI is InChI=1S/C6H5N7O3/c1-3-5(11-16-13(3)14)6-10-9-4(15-6)2-8-12-7/h2H2,1H3. The summed E-state index contributed by atoms with van der Waals surface area (Å²) < 4.78 is 9.45. The summed E-state index contributed by atoms with van der Waals surface area (Å²) in [6.45, 7) is 1.44. The predicted octanol–water partition coefficient (Wildman–Crippen LogP) is 0.477. The van der Waals surface area contributed by atoms with Crippen molar-refractivity contribution in [1.82, 2.24) is 15.4 Å². The Labute approximate surface area is 87.6 Å². The number of nitrogens with zero attached hydrogens (tertiary/aromatic N) is 7. The molecule has 2 heterocycles. The lowest BCUT2D eigenvalue weighted by molar-refractivity contribution is -0.806. The van der Waals surface area contributed by atoms with Crippen molar-refractivity contribution in [3.63, 3.8) is 0 Å². The van der Waals surface area contributed by atoms with E-state index >= 15 is 0 Å². The van der Waals surface area contributed by atoms with Gasteiger partial charge in [-0.2, -0.15) is 0 Å². The van der Waals surface area contributed by atoms with Crippen LogP contribution >= 0.6 is 0 Å². The number of hydrogen-bond donors (Lipinski definition) is 0. The van der Waals surface area contributed by atoms with Crippen LogP contribution in [0.15, 0.2) is 14.2 Å². The molecule has 0 aromatic carbocycles. The zero-order valence-corrected chi connectivity index (χ0v) is 8.06. The van der Waals surface area contributed by atoms with Gasteiger partial charge in [0.1, 0.15) is 6.54 Å². The molecular formula is C6H5N7O3.